The molecule has 0 radical (unpaired) electrons. The Balaban J connectivity index is 2.04. The Morgan fingerprint density at radius 1 is 1.39 bits per heavy atom. The minimum Gasteiger partial charge on any atom is -0.348 e. The summed E-state index contributed by atoms with van der Waals surface area (Å²) in [5.41, 5.74) is 1.90. The molecule has 0 aliphatic heterocycles. The first-order chi connectivity index (χ1) is 8.50. The van der Waals surface area contributed by atoms with E-state index in [9.17, 15) is 8.42 Å². The number of nitrogens with one attached hydrogen (secondary N) is 3. The second-order valence-corrected chi connectivity index (χ2v) is 5.69. The van der Waals surface area contributed by atoms with Gasteiger partial charge < -0.3 is 4.98 Å². The van der Waals surface area contributed by atoms with E-state index in [1.165, 1.54) is 0 Å². The van der Waals surface area contributed by atoms with Crippen molar-refractivity contribution >= 4 is 10.0 Å². The van der Waals surface area contributed by atoms with Crippen LogP contribution in [0.15, 0.2) is 17.4 Å². The van der Waals surface area contributed by atoms with Crippen molar-refractivity contribution in [3.8, 4) is 0 Å². The number of hydrogen-bond acceptors (Lipinski definition) is 4. The zero-order valence-electron chi connectivity index (χ0n) is 10.2. The Morgan fingerprint density at radius 3 is 2.72 bits per heavy atom. The fourth-order valence-corrected chi connectivity index (χ4v) is 3.15. The van der Waals surface area contributed by atoms with Crippen LogP contribution in [0, 0.1) is 13.8 Å². The van der Waals surface area contributed by atoms with Crippen molar-refractivity contribution < 1.29 is 8.42 Å². The first kappa shape index (κ1) is 12.8. The molecule has 18 heavy (non-hydrogen) atoms. The maximum absolute atomic E-state index is 12.1. The van der Waals surface area contributed by atoms with Gasteiger partial charge in [0.15, 0.2) is 0 Å². The Kier molecular flexibility index (Phi) is 3.48. The number of imidazole rings is 1. The summed E-state index contributed by atoms with van der Waals surface area (Å²) in [4.78, 5) is 7.01. The lowest BCUT2D eigenvalue weighted by atomic mass is 10.3. The monoisotopic (exact) mass is 269 g/mol. The molecule has 2 aromatic heterocycles. The van der Waals surface area contributed by atoms with Gasteiger partial charge in [-0.25, -0.2) is 18.1 Å². The summed E-state index contributed by atoms with van der Waals surface area (Å²) in [6.07, 6.45) is 3.80. The van der Waals surface area contributed by atoms with Crippen LogP contribution in [0.1, 0.15) is 17.1 Å². The molecule has 8 heteroatoms. The van der Waals surface area contributed by atoms with Gasteiger partial charge >= 0.3 is 0 Å². The van der Waals surface area contributed by atoms with Crippen molar-refractivity contribution in [1.29, 1.82) is 0 Å². The smallest absolute Gasteiger partial charge is 0.244 e. The molecule has 0 aliphatic rings. The fraction of sp³-hybridized carbons (Fsp3) is 0.400. The van der Waals surface area contributed by atoms with Crippen LogP contribution < -0.4 is 4.72 Å². The lowest BCUT2D eigenvalue weighted by Crippen LogP contribution is -2.26. The number of hydrogen-bond donors (Lipinski definition) is 3. The predicted molar refractivity (Wildman–Crippen MR) is 65.5 cm³/mol. The molecule has 0 fully saturated rings. The van der Waals surface area contributed by atoms with Gasteiger partial charge in [-0.1, -0.05) is 0 Å². The quantitative estimate of drug-likeness (QED) is 0.724. The molecule has 0 bridgehead atoms. The van der Waals surface area contributed by atoms with E-state index in [1.807, 2.05) is 0 Å². The molecular weight excluding hydrogens is 254 g/mol. The van der Waals surface area contributed by atoms with Gasteiger partial charge in [-0.3, -0.25) is 5.10 Å². The minimum absolute atomic E-state index is 0.229. The summed E-state index contributed by atoms with van der Waals surface area (Å²) in [6.45, 7) is 3.66. The molecule has 3 N–H and O–H groups in total. The van der Waals surface area contributed by atoms with Gasteiger partial charge in [0.1, 0.15) is 4.90 Å². The molecule has 0 aliphatic carbocycles. The highest BCUT2D eigenvalue weighted by Gasteiger charge is 2.21. The Hall–Kier alpha value is -1.67. The molecule has 2 aromatic rings. The molecule has 7 nitrogen and oxygen atoms in total. The lowest BCUT2D eigenvalue weighted by Gasteiger charge is -2.05. The van der Waals surface area contributed by atoms with Gasteiger partial charge in [-0.15, -0.1) is 0 Å². The van der Waals surface area contributed by atoms with E-state index >= 15 is 0 Å². The molecular formula is C10H15N5O2S. The Labute approximate surface area is 105 Å². The van der Waals surface area contributed by atoms with Crippen molar-refractivity contribution in [1.82, 2.24) is 24.9 Å². The third-order valence-corrected chi connectivity index (χ3v) is 4.29. The summed E-state index contributed by atoms with van der Waals surface area (Å²) in [6, 6.07) is 0. The average molecular weight is 269 g/mol. The van der Waals surface area contributed by atoms with Gasteiger partial charge in [0.25, 0.3) is 0 Å². The van der Waals surface area contributed by atoms with Crippen LogP contribution in [0.5, 0.6) is 0 Å². The SMILES string of the molecule is Cc1n[nH]c(C)c1S(=O)(=O)NCCc1cnc[nH]1. The first-order valence-corrected chi connectivity index (χ1v) is 6.97. The first-order valence-electron chi connectivity index (χ1n) is 5.49. The van der Waals surface area contributed by atoms with E-state index in [0.29, 0.717) is 24.4 Å². The van der Waals surface area contributed by atoms with Gasteiger partial charge in [-0.2, -0.15) is 5.10 Å². The van der Waals surface area contributed by atoms with E-state index in [4.69, 9.17) is 0 Å². The minimum atomic E-state index is -3.51. The van der Waals surface area contributed by atoms with E-state index < -0.39 is 10.0 Å². The predicted octanol–water partition coefficient (Wildman–Crippen LogP) is 0.271. The molecule has 0 aromatic carbocycles. The summed E-state index contributed by atoms with van der Waals surface area (Å²) in [5, 5.41) is 6.54. The number of rotatable bonds is 5. The maximum atomic E-state index is 12.1. The van der Waals surface area contributed by atoms with E-state index in [2.05, 4.69) is 24.9 Å². The number of aromatic nitrogens is 4. The van der Waals surface area contributed by atoms with E-state index in [1.54, 1.807) is 26.4 Å². The Bertz CT molecular complexity index is 595. The fourth-order valence-electron chi connectivity index (χ4n) is 1.75. The second-order valence-electron chi connectivity index (χ2n) is 3.99. The van der Waals surface area contributed by atoms with E-state index in [0.717, 1.165) is 5.69 Å². The molecule has 0 saturated heterocycles. The van der Waals surface area contributed by atoms with Crippen LogP contribution in [0.2, 0.25) is 0 Å². The molecule has 2 rings (SSSR count). The zero-order chi connectivity index (χ0) is 13.2. The number of aromatic amines is 2. The maximum Gasteiger partial charge on any atom is 0.244 e. The van der Waals surface area contributed by atoms with Gasteiger partial charge in [0, 0.05) is 24.9 Å². The normalized spacial score (nSPS) is 11.9. The molecule has 0 spiro atoms. The third kappa shape index (κ3) is 2.59. The van der Waals surface area contributed by atoms with Crippen LogP contribution in [-0.4, -0.2) is 35.1 Å². The summed E-state index contributed by atoms with van der Waals surface area (Å²) in [7, 11) is -3.51. The molecule has 0 atom stereocenters. The van der Waals surface area contributed by atoms with Crippen molar-refractivity contribution in [2.75, 3.05) is 6.54 Å². The van der Waals surface area contributed by atoms with Crippen molar-refractivity contribution in [2.24, 2.45) is 0 Å². The third-order valence-electron chi connectivity index (χ3n) is 2.57. The lowest BCUT2D eigenvalue weighted by molar-refractivity contribution is 0.580. The highest BCUT2D eigenvalue weighted by Crippen LogP contribution is 2.15. The van der Waals surface area contributed by atoms with Gasteiger partial charge in [0.2, 0.25) is 10.0 Å². The van der Waals surface area contributed by atoms with Gasteiger partial charge in [-0.05, 0) is 13.8 Å². The van der Waals surface area contributed by atoms with Gasteiger partial charge in [0.05, 0.1) is 17.7 Å². The average Bonchev–Trinajstić information content (AvgIpc) is 2.89. The van der Waals surface area contributed by atoms with Crippen molar-refractivity contribution in [2.45, 2.75) is 25.2 Å². The van der Waals surface area contributed by atoms with Crippen LogP contribution in [-0.2, 0) is 16.4 Å². The number of sulfonamides is 1. The summed E-state index contributed by atoms with van der Waals surface area (Å²) >= 11 is 0. The molecule has 0 saturated carbocycles. The topological polar surface area (TPSA) is 104 Å². The van der Waals surface area contributed by atoms with Crippen LogP contribution >= 0.6 is 0 Å². The van der Waals surface area contributed by atoms with E-state index in [-0.39, 0.29) is 4.90 Å². The van der Waals surface area contributed by atoms with Crippen LogP contribution in [0.4, 0.5) is 0 Å². The van der Waals surface area contributed by atoms with Crippen molar-refractivity contribution in [3.05, 3.63) is 29.6 Å². The summed E-state index contributed by atoms with van der Waals surface area (Å²) < 4.78 is 26.7. The summed E-state index contributed by atoms with van der Waals surface area (Å²) in [5.74, 6) is 0. The Morgan fingerprint density at radius 2 is 2.17 bits per heavy atom. The highest BCUT2D eigenvalue weighted by molar-refractivity contribution is 7.89. The number of nitrogens with zero attached hydrogens (tertiary/aromatic N) is 2. The van der Waals surface area contributed by atoms with Crippen LogP contribution in [0.3, 0.4) is 0 Å². The molecule has 2 heterocycles. The highest BCUT2D eigenvalue weighted by atomic mass is 32.2. The van der Waals surface area contributed by atoms with Crippen LogP contribution in [0.25, 0.3) is 0 Å². The number of aryl methyl sites for hydroxylation is 2. The number of H-pyrrole nitrogens is 2. The second kappa shape index (κ2) is 4.91. The molecule has 98 valence electrons. The largest absolute Gasteiger partial charge is 0.348 e. The standard InChI is InChI=1S/C10H15N5O2S/c1-7-10(8(2)15-14-7)18(16,17)13-4-3-9-5-11-6-12-9/h5-6,13H,3-4H2,1-2H3,(H,11,12)(H,14,15). The molecule has 0 unspecified atom stereocenters. The zero-order valence-corrected chi connectivity index (χ0v) is 11.0. The molecule has 0 amide bonds. The van der Waals surface area contributed by atoms with Crippen molar-refractivity contribution in [3.63, 3.8) is 0 Å².